The number of hydrogen-bond acceptors (Lipinski definition) is 6. The van der Waals surface area contributed by atoms with Gasteiger partial charge in [0.1, 0.15) is 12.4 Å². The zero-order valence-electron chi connectivity index (χ0n) is 12.6. The first-order chi connectivity index (χ1) is 11.3. The van der Waals surface area contributed by atoms with Gasteiger partial charge in [-0.05, 0) is 30.3 Å². The molecule has 0 radical (unpaired) electrons. The summed E-state index contributed by atoms with van der Waals surface area (Å²) in [6.45, 7) is 2.22. The van der Waals surface area contributed by atoms with E-state index in [1.54, 1.807) is 42.7 Å². The Kier molecular flexibility index (Phi) is 4.73. The second kappa shape index (κ2) is 7.11. The predicted octanol–water partition coefficient (Wildman–Crippen LogP) is 3.77. The first-order valence-corrected chi connectivity index (χ1v) is 8.12. The molecule has 0 N–H and O–H groups in total. The third-order valence-corrected chi connectivity index (χ3v) is 4.08. The lowest BCUT2D eigenvalue weighted by Gasteiger charge is -2.05. The van der Waals surface area contributed by atoms with Gasteiger partial charge in [0.2, 0.25) is 0 Å². The quantitative estimate of drug-likeness (QED) is 0.645. The topological polar surface area (TPSA) is 65.0 Å². The third kappa shape index (κ3) is 3.78. The standard InChI is InChI=1S/C17H15N3O2S/c1-2-15(21)12-4-6-14(7-5-12)22-10-13-11-23-17(20-13)16-18-8-3-9-19-16/h3-9,11H,2,10H2,1H3. The van der Waals surface area contributed by atoms with Crippen LogP contribution >= 0.6 is 11.3 Å². The molecule has 0 spiro atoms. The van der Waals surface area contributed by atoms with E-state index >= 15 is 0 Å². The Bertz CT molecular complexity index is 785. The van der Waals surface area contributed by atoms with Gasteiger partial charge < -0.3 is 4.74 Å². The van der Waals surface area contributed by atoms with Crippen LogP contribution < -0.4 is 4.74 Å². The molecule has 116 valence electrons. The number of carbonyl (C=O) groups excluding carboxylic acids is 1. The van der Waals surface area contributed by atoms with Crippen molar-refractivity contribution in [2.24, 2.45) is 0 Å². The van der Waals surface area contributed by atoms with Crippen molar-refractivity contribution in [3.63, 3.8) is 0 Å². The molecule has 0 amide bonds. The number of Topliss-reactive ketones (excluding diaryl/α,β-unsaturated/α-hetero) is 1. The highest BCUT2D eigenvalue weighted by molar-refractivity contribution is 7.13. The molecule has 5 nitrogen and oxygen atoms in total. The van der Waals surface area contributed by atoms with Crippen LogP contribution in [0.15, 0.2) is 48.1 Å². The third-order valence-electron chi connectivity index (χ3n) is 3.19. The number of hydrogen-bond donors (Lipinski definition) is 0. The number of carbonyl (C=O) groups is 1. The minimum atomic E-state index is 0.128. The Morgan fingerprint density at radius 2 is 1.91 bits per heavy atom. The van der Waals surface area contributed by atoms with Crippen LogP contribution in [0.25, 0.3) is 10.8 Å². The Labute approximate surface area is 138 Å². The van der Waals surface area contributed by atoms with Crippen molar-refractivity contribution >= 4 is 17.1 Å². The highest BCUT2D eigenvalue weighted by Crippen LogP contribution is 2.21. The summed E-state index contributed by atoms with van der Waals surface area (Å²) in [7, 11) is 0. The van der Waals surface area contributed by atoms with E-state index < -0.39 is 0 Å². The van der Waals surface area contributed by atoms with Gasteiger partial charge in [0.05, 0.1) is 5.69 Å². The highest BCUT2D eigenvalue weighted by atomic mass is 32.1. The maximum Gasteiger partial charge on any atom is 0.188 e. The van der Waals surface area contributed by atoms with Gasteiger partial charge in [-0.2, -0.15) is 0 Å². The van der Waals surface area contributed by atoms with Crippen molar-refractivity contribution in [1.82, 2.24) is 15.0 Å². The summed E-state index contributed by atoms with van der Waals surface area (Å²) >= 11 is 1.49. The summed E-state index contributed by atoms with van der Waals surface area (Å²) in [6, 6.07) is 8.94. The Balaban J connectivity index is 1.63. The first-order valence-electron chi connectivity index (χ1n) is 7.24. The van der Waals surface area contributed by atoms with Gasteiger partial charge in [0.25, 0.3) is 0 Å². The van der Waals surface area contributed by atoms with Crippen molar-refractivity contribution in [1.29, 1.82) is 0 Å². The zero-order valence-corrected chi connectivity index (χ0v) is 13.4. The number of ketones is 1. The van der Waals surface area contributed by atoms with E-state index in [0.29, 0.717) is 30.2 Å². The van der Waals surface area contributed by atoms with E-state index in [0.717, 1.165) is 10.7 Å². The lowest BCUT2D eigenvalue weighted by atomic mass is 10.1. The summed E-state index contributed by atoms with van der Waals surface area (Å²) in [4.78, 5) is 24.4. The van der Waals surface area contributed by atoms with Gasteiger partial charge >= 0.3 is 0 Å². The van der Waals surface area contributed by atoms with Gasteiger partial charge in [-0.15, -0.1) is 11.3 Å². The van der Waals surface area contributed by atoms with Crippen molar-refractivity contribution in [2.45, 2.75) is 20.0 Å². The fourth-order valence-electron chi connectivity index (χ4n) is 1.98. The molecule has 6 heteroatoms. The molecule has 1 aromatic carbocycles. The molecular formula is C17H15N3O2S. The van der Waals surface area contributed by atoms with Crippen LogP contribution in [-0.4, -0.2) is 20.7 Å². The van der Waals surface area contributed by atoms with E-state index in [4.69, 9.17) is 4.74 Å². The first kappa shape index (κ1) is 15.3. The maximum atomic E-state index is 11.6. The second-order valence-electron chi connectivity index (χ2n) is 4.81. The van der Waals surface area contributed by atoms with E-state index in [1.165, 1.54) is 11.3 Å². The van der Waals surface area contributed by atoms with Crippen molar-refractivity contribution in [3.05, 3.63) is 59.4 Å². The average Bonchev–Trinajstić information content (AvgIpc) is 3.09. The number of nitrogens with zero attached hydrogens (tertiary/aromatic N) is 3. The van der Waals surface area contributed by atoms with Gasteiger partial charge in [-0.25, -0.2) is 15.0 Å². The molecule has 3 aromatic rings. The molecule has 0 saturated heterocycles. The molecule has 0 unspecified atom stereocenters. The van der Waals surface area contributed by atoms with E-state index in [1.807, 2.05) is 12.3 Å². The number of thiazole rings is 1. The van der Waals surface area contributed by atoms with Crippen LogP contribution in [0.2, 0.25) is 0 Å². The van der Waals surface area contributed by atoms with E-state index in [9.17, 15) is 4.79 Å². The summed E-state index contributed by atoms with van der Waals surface area (Å²) in [5.74, 6) is 1.46. The fraction of sp³-hybridized carbons (Fsp3) is 0.176. The lowest BCUT2D eigenvalue weighted by molar-refractivity contribution is 0.0988. The summed E-state index contributed by atoms with van der Waals surface area (Å²) < 4.78 is 5.70. The number of aromatic nitrogens is 3. The van der Waals surface area contributed by atoms with Crippen LogP contribution in [0.4, 0.5) is 0 Å². The molecule has 2 heterocycles. The normalized spacial score (nSPS) is 10.5. The van der Waals surface area contributed by atoms with E-state index in [-0.39, 0.29) is 5.78 Å². The Morgan fingerprint density at radius 3 is 2.61 bits per heavy atom. The second-order valence-corrected chi connectivity index (χ2v) is 5.66. The van der Waals surface area contributed by atoms with Crippen LogP contribution in [0, 0.1) is 0 Å². The highest BCUT2D eigenvalue weighted by Gasteiger charge is 2.08. The summed E-state index contributed by atoms with van der Waals surface area (Å²) in [5, 5.41) is 2.70. The smallest absolute Gasteiger partial charge is 0.188 e. The number of benzene rings is 1. The molecule has 23 heavy (non-hydrogen) atoms. The molecule has 3 rings (SSSR count). The van der Waals surface area contributed by atoms with Gasteiger partial charge in [-0.1, -0.05) is 6.92 Å². The summed E-state index contributed by atoms with van der Waals surface area (Å²) in [5.41, 5.74) is 1.53. The Hall–Kier alpha value is -2.60. The lowest BCUT2D eigenvalue weighted by Crippen LogP contribution is -1.98. The van der Waals surface area contributed by atoms with Crippen LogP contribution in [0.1, 0.15) is 29.4 Å². The van der Waals surface area contributed by atoms with E-state index in [2.05, 4.69) is 15.0 Å². The minimum absolute atomic E-state index is 0.128. The van der Waals surface area contributed by atoms with Gasteiger partial charge in [0, 0.05) is 29.8 Å². The van der Waals surface area contributed by atoms with Crippen LogP contribution in [0.3, 0.4) is 0 Å². The molecule has 2 aromatic heterocycles. The largest absolute Gasteiger partial charge is 0.487 e. The number of ether oxygens (including phenoxy) is 1. The number of rotatable bonds is 6. The van der Waals surface area contributed by atoms with Crippen LogP contribution in [0.5, 0.6) is 5.75 Å². The Morgan fingerprint density at radius 1 is 1.17 bits per heavy atom. The molecule has 0 aliphatic rings. The van der Waals surface area contributed by atoms with Gasteiger partial charge in [-0.3, -0.25) is 4.79 Å². The van der Waals surface area contributed by atoms with Crippen molar-refractivity contribution < 1.29 is 9.53 Å². The van der Waals surface area contributed by atoms with Gasteiger partial charge in [0.15, 0.2) is 16.6 Å². The maximum absolute atomic E-state index is 11.6. The zero-order chi connectivity index (χ0) is 16.1. The molecule has 0 bridgehead atoms. The molecule has 0 aliphatic carbocycles. The monoisotopic (exact) mass is 325 g/mol. The fourth-order valence-corrected chi connectivity index (χ4v) is 2.73. The van der Waals surface area contributed by atoms with Crippen molar-refractivity contribution in [2.75, 3.05) is 0 Å². The van der Waals surface area contributed by atoms with Crippen molar-refractivity contribution in [3.8, 4) is 16.6 Å². The molecule has 0 aliphatic heterocycles. The molecular weight excluding hydrogens is 310 g/mol. The van der Waals surface area contributed by atoms with Crippen LogP contribution in [-0.2, 0) is 6.61 Å². The SMILES string of the molecule is CCC(=O)c1ccc(OCc2csc(-c3ncccn3)n2)cc1. The molecule has 0 saturated carbocycles. The average molecular weight is 325 g/mol. The minimum Gasteiger partial charge on any atom is -0.487 e. The predicted molar refractivity (Wildman–Crippen MR) is 88.5 cm³/mol. The summed E-state index contributed by atoms with van der Waals surface area (Å²) in [6.07, 6.45) is 3.89. The molecule has 0 fully saturated rings. The molecule has 0 atom stereocenters.